The van der Waals surface area contributed by atoms with Crippen molar-refractivity contribution in [3.63, 3.8) is 0 Å². The maximum absolute atomic E-state index is 13.5. The van der Waals surface area contributed by atoms with Gasteiger partial charge in [-0.25, -0.2) is 4.39 Å². The Kier molecular flexibility index (Phi) is 3.90. The van der Waals surface area contributed by atoms with E-state index in [4.69, 9.17) is 0 Å². The summed E-state index contributed by atoms with van der Waals surface area (Å²) < 4.78 is 13.5. The van der Waals surface area contributed by atoms with E-state index in [0.717, 1.165) is 6.42 Å². The maximum Gasteiger partial charge on any atom is 0.253 e. The molecule has 4 heteroatoms. The first-order valence-corrected chi connectivity index (χ1v) is 6.67. The SMILES string of the molecule is Cc1ccc(C(=O)N2CCCC(C)(O)CC2)cc1F. The molecule has 0 aromatic heterocycles. The Labute approximate surface area is 113 Å². The van der Waals surface area contributed by atoms with Crippen molar-refractivity contribution in [3.8, 4) is 0 Å². The van der Waals surface area contributed by atoms with Crippen molar-refractivity contribution in [3.05, 3.63) is 35.1 Å². The number of carbonyl (C=O) groups is 1. The topological polar surface area (TPSA) is 40.5 Å². The van der Waals surface area contributed by atoms with Gasteiger partial charge < -0.3 is 10.0 Å². The second kappa shape index (κ2) is 5.29. The lowest BCUT2D eigenvalue weighted by atomic mass is 9.98. The van der Waals surface area contributed by atoms with Gasteiger partial charge in [-0.3, -0.25) is 4.79 Å². The number of halogens is 1. The lowest BCUT2D eigenvalue weighted by molar-refractivity contribution is 0.0438. The van der Waals surface area contributed by atoms with E-state index in [1.165, 1.54) is 6.07 Å². The van der Waals surface area contributed by atoms with Crippen molar-refractivity contribution in [2.45, 2.75) is 38.7 Å². The van der Waals surface area contributed by atoms with Gasteiger partial charge in [0.15, 0.2) is 0 Å². The summed E-state index contributed by atoms with van der Waals surface area (Å²) in [6.07, 6.45) is 2.03. The lowest BCUT2D eigenvalue weighted by Gasteiger charge is -2.22. The molecule has 3 nitrogen and oxygen atoms in total. The Bertz CT molecular complexity index is 485. The predicted molar refractivity (Wildman–Crippen MR) is 71.5 cm³/mol. The molecule has 1 aliphatic rings. The van der Waals surface area contributed by atoms with Gasteiger partial charge >= 0.3 is 0 Å². The number of aryl methyl sites for hydroxylation is 1. The number of amides is 1. The molecule has 1 N–H and O–H groups in total. The molecule has 2 rings (SSSR count). The van der Waals surface area contributed by atoms with Crippen LogP contribution in [0.15, 0.2) is 18.2 Å². The van der Waals surface area contributed by atoms with Gasteiger partial charge in [-0.05, 0) is 50.8 Å². The fraction of sp³-hybridized carbons (Fsp3) is 0.533. The van der Waals surface area contributed by atoms with Crippen LogP contribution in [0.5, 0.6) is 0 Å². The normalized spacial score (nSPS) is 24.1. The summed E-state index contributed by atoms with van der Waals surface area (Å²) in [7, 11) is 0. The number of aliphatic hydroxyl groups is 1. The zero-order chi connectivity index (χ0) is 14.0. The molecule has 0 saturated carbocycles. The van der Waals surface area contributed by atoms with Crippen LogP contribution in [-0.2, 0) is 0 Å². The Morgan fingerprint density at radius 3 is 2.79 bits per heavy atom. The van der Waals surface area contributed by atoms with Crippen molar-refractivity contribution in [1.82, 2.24) is 4.90 Å². The minimum atomic E-state index is -0.701. The standard InChI is InChI=1S/C15H20FNO2/c1-11-4-5-12(10-13(11)16)14(18)17-8-3-6-15(2,19)7-9-17/h4-5,10,19H,3,6-9H2,1-2H3. The molecule has 1 heterocycles. The van der Waals surface area contributed by atoms with Crippen LogP contribution in [0.4, 0.5) is 4.39 Å². The van der Waals surface area contributed by atoms with Gasteiger partial charge in [0.05, 0.1) is 5.60 Å². The van der Waals surface area contributed by atoms with E-state index < -0.39 is 5.60 Å². The summed E-state index contributed by atoms with van der Waals surface area (Å²) in [5, 5.41) is 10.0. The molecule has 1 aromatic rings. The molecule has 0 radical (unpaired) electrons. The number of carbonyl (C=O) groups excluding carboxylic acids is 1. The van der Waals surface area contributed by atoms with Crippen LogP contribution in [0.3, 0.4) is 0 Å². The first-order valence-electron chi connectivity index (χ1n) is 6.67. The van der Waals surface area contributed by atoms with Gasteiger partial charge in [0.1, 0.15) is 5.82 Å². The number of hydrogen-bond acceptors (Lipinski definition) is 2. The van der Waals surface area contributed by atoms with Crippen LogP contribution in [0.25, 0.3) is 0 Å². The van der Waals surface area contributed by atoms with Crippen molar-refractivity contribution in [1.29, 1.82) is 0 Å². The number of nitrogens with zero attached hydrogens (tertiary/aromatic N) is 1. The summed E-state index contributed by atoms with van der Waals surface area (Å²) >= 11 is 0. The highest BCUT2D eigenvalue weighted by Gasteiger charge is 2.27. The first-order chi connectivity index (χ1) is 8.89. The van der Waals surface area contributed by atoms with Gasteiger partial charge in [0, 0.05) is 18.7 Å². The predicted octanol–water partition coefficient (Wildman–Crippen LogP) is 2.51. The summed E-state index contributed by atoms with van der Waals surface area (Å²) in [4.78, 5) is 14.0. The van der Waals surface area contributed by atoms with E-state index in [2.05, 4.69) is 0 Å². The minimum Gasteiger partial charge on any atom is -0.390 e. The average molecular weight is 265 g/mol. The van der Waals surface area contributed by atoms with Crippen molar-refractivity contribution < 1.29 is 14.3 Å². The van der Waals surface area contributed by atoms with Crippen LogP contribution >= 0.6 is 0 Å². The Morgan fingerprint density at radius 2 is 2.11 bits per heavy atom. The van der Waals surface area contributed by atoms with Crippen molar-refractivity contribution in [2.24, 2.45) is 0 Å². The quantitative estimate of drug-likeness (QED) is 0.847. The molecule has 1 amide bonds. The van der Waals surface area contributed by atoms with E-state index in [1.54, 1.807) is 30.9 Å². The molecule has 1 fully saturated rings. The number of benzene rings is 1. The maximum atomic E-state index is 13.5. The minimum absolute atomic E-state index is 0.156. The molecule has 0 spiro atoms. The number of rotatable bonds is 1. The summed E-state index contributed by atoms with van der Waals surface area (Å²) in [6.45, 7) is 4.60. The Balaban J connectivity index is 2.13. The molecule has 1 saturated heterocycles. The van der Waals surface area contributed by atoms with Crippen LogP contribution in [0.1, 0.15) is 42.1 Å². The molecule has 19 heavy (non-hydrogen) atoms. The molecule has 1 aromatic carbocycles. The van der Waals surface area contributed by atoms with E-state index in [-0.39, 0.29) is 11.7 Å². The fourth-order valence-electron chi connectivity index (χ4n) is 2.37. The monoisotopic (exact) mass is 265 g/mol. The van der Waals surface area contributed by atoms with Crippen LogP contribution < -0.4 is 0 Å². The fourth-order valence-corrected chi connectivity index (χ4v) is 2.37. The lowest BCUT2D eigenvalue weighted by Crippen LogP contribution is -2.33. The van der Waals surface area contributed by atoms with Crippen LogP contribution in [-0.4, -0.2) is 34.6 Å². The Morgan fingerprint density at radius 1 is 1.37 bits per heavy atom. The molecule has 0 bridgehead atoms. The molecule has 1 atom stereocenters. The number of likely N-dealkylation sites (tertiary alicyclic amines) is 1. The third-order valence-electron chi connectivity index (χ3n) is 3.77. The van der Waals surface area contributed by atoms with E-state index >= 15 is 0 Å². The first kappa shape index (κ1) is 14.0. The summed E-state index contributed by atoms with van der Waals surface area (Å²) in [5.74, 6) is -0.510. The van der Waals surface area contributed by atoms with Gasteiger partial charge in [-0.15, -0.1) is 0 Å². The average Bonchev–Trinajstić information content (AvgIpc) is 2.53. The largest absolute Gasteiger partial charge is 0.390 e. The van der Waals surface area contributed by atoms with Gasteiger partial charge in [0.2, 0.25) is 0 Å². The molecular formula is C15H20FNO2. The summed E-state index contributed by atoms with van der Waals surface area (Å²) in [6, 6.07) is 4.57. The highest BCUT2D eigenvalue weighted by atomic mass is 19.1. The smallest absolute Gasteiger partial charge is 0.253 e. The molecule has 1 aliphatic heterocycles. The second-order valence-electron chi connectivity index (χ2n) is 5.61. The second-order valence-corrected chi connectivity index (χ2v) is 5.61. The van der Waals surface area contributed by atoms with Gasteiger partial charge in [-0.1, -0.05) is 6.07 Å². The zero-order valence-corrected chi connectivity index (χ0v) is 11.4. The summed E-state index contributed by atoms with van der Waals surface area (Å²) in [5.41, 5.74) is 0.216. The highest BCUT2D eigenvalue weighted by molar-refractivity contribution is 5.94. The Hall–Kier alpha value is -1.42. The van der Waals surface area contributed by atoms with E-state index in [0.29, 0.717) is 37.1 Å². The zero-order valence-electron chi connectivity index (χ0n) is 11.4. The molecule has 104 valence electrons. The number of hydrogen-bond donors (Lipinski definition) is 1. The van der Waals surface area contributed by atoms with Gasteiger partial charge in [0.25, 0.3) is 5.91 Å². The molecule has 1 unspecified atom stereocenters. The van der Waals surface area contributed by atoms with Crippen molar-refractivity contribution in [2.75, 3.05) is 13.1 Å². The van der Waals surface area contributed by atoms with E-state index in [1.807, 2.05) is 0 Å². The molecule has 0 aliphatic carbocycles. The van der Waals surface area contributed by atoms with E-state index in [9.17, 15) is 14.3 Å². The van der Waals surface area contributed by atoms with Crippen molar-refractivity contribution >= 4 is 5.91 Å². The van der Waals surface area contributed by atoms with Crippen LogP contribution in [0, 0.1) is 12.7 Å². The molecular weight excluding hydrogens is 245 g/mol. The van der Waals surface area contributed by atoms with Gasteiger partial charge in [-0.2, -0.15) is 0 Å². The highest BCUT2D eigenvalue weighted by Crippen LogP contribution is 2.22. The third-order valence-corrected chi connectivity index (χ3v) is 3.77. The third kappa shape index (κ3) is 3.32. The van der Waals surface area contributed by atoms with Crippen LogP contribution in [0.2, 0.25) is 0 Å².